The van der Waals surface area contributed by atoms with Crippen LogP contribution < -0.4 is 15.4 Å². The van der Waals surface area contributed by atoms with Gasteiger partial charge in [-0.15, -0.1) is 0 Å². The SMILES string of the molecule is COc1cc(-c2ccc3c(c2)Nc2ccc(CC(=O)O)cc2NC3=O)ccc1-c1nc(C)no1. The number of amides is 1. The molecule has 2 heterocycles. The average Bonchev–Trinajstić information content (AvgIpc) is 3.19. The van der Waals surface area contributed by atoms with Gasteiger partial charge in [0.05, 0.1) is 41.7 Å². The molecule has 1 aliphatic rings. The second-order valence-electron chi connectivity index (χ2n) is 7.85. The van der Waals surface area contributed by atoms with Crippen molar-refractivity contribution < 1.29 is 24.0 Å². The number of hydrogen-bond donors (Lipinski definition) is 3. The van der Waals surface area contributed by atoms with E-state index in [2.05, 4.69) is 20.8 Å². The number of carbonyl (C=O) groups is 2. The lowest BCUT2D eigenvalue weighted by atomic mass is 10.00. The standard InChI is InChI=1S/C25H20N4O5/c1-13-26-25(34-29-13)18-7-5-16(12-22(18)33-2)15-4-6-17-20(11-15)27-19-8-3-14(10-23(30)31)9-21(19)28-24(17)32/h3-9,11-12,27H,10H2,1-2H3,(H,28,32)(H,30,31). The van der Waals surface area contributed by atoms with E-state index >= 15 is 0 Å². The van der Waals surface area contributed by atoms with Crippen LogP contribution >= 0.6 is 0 Å². The van der Waals surface area contributed by atoms with Gasteiger partial charge in [-0.05, 0) is 60.0 Å². The van der Waals surface area contributed by atoms with Gasteiger partial charge in [0.1, 0.15) is 5.75 Å². The number of aromatic nitrogens is 2. The molecule has 1 amide bonds. The van der Waals surface area contributed by atoms with Gasteiger partial charge in [0.25, 0.3) is 11.8 Å². The lowest BCUT2D eigenvalue weighted by Crippen LogP contribution is -2.11. The number of fused-ring (bicyclic) bond motifs is 2. The second-order valence-corrected chi connectivity index (χ2v) is 7.85. The molecule has 0 unspecified atom stereocenters. The number of ether oxygens (including phenoxy) is 1. The molecule has 0 bridgehead atoms. The Labute approximate surface area is 194 Å². The number of nitrogens with zero attached hydrogens (tertiary/aromatic N) is 2. The molecule has 9 nitrogen and oxygen atoms in total. The largest absolute Gasteiger partial charge is 0.496 e. The fourth-order valence-corrected chi connectivity index (χ4v) is 3.90. The van der Waals surface area contributed by atoms with Gasteiger partial charge in [-0.3, -0.25) is 9.59 Å². The summed E-state index contributed by atoms with van der Waals surface area (Å²) in [7, 11) is 1.57. The van der Waals surface area contributed by atoms with E-state index in [9.17, 15) is 9.59 Å². The normalized spacial score (nSPS) is 12.1. The van der Waals surface area contributed by atoms with Gasteiger partial charge >= 0.3 is 5.97 Å². The molecule has 170 valence electrons. The lowest BCUT2D eigenvalue weighted by Gasteiger charge is -2.12. The fourth-order valence-electron chi connectivity index (χ4n) is 3.90. The Morgan fingerprint density at radius 2 is 1.74 bits per heavy atom. The van der Waals surface area contributed by atoms with Gasteiger partial charge in [0, 0.05) is 0 Å². The van der Waals surface area contributed by atoms with Crippen molar-refractivity contribution in [3.8, 4) is 28.3 Å². The minimum Gasteiger partial charge on any atom is -0.496 e. The Kier molecular flexibility index (Phi) is 5.21. The smallest absolute Gasteiger partial charge is 0.307 e. The van der Waals surface area contributed by atoms with Crippen LogP contribution in [0.3, 0.4) is 0 Å². The van der Waals surface area contributed by atoms with E-state index in [4.69, 9.17) is 14.4 Å². The van der Waals surface area contributed by atoms with Gasteiger partial charge in [0.2, 0.25) is 0 Å². The lowest BCUT2D eigenvalue weighted by molar-refractivity contribution is -0.136. The number of carboxylic acids is 1. The van der Waals surface area contributed by atoms with Crippen molar-refractivity contribution in [3.05, 3.63) is 71.5 Å². The van der Waals surface area contributed by atoms with E-state index < -0.39 is 5.97 Å². The Morgan fingerprint density at radius 1 is 0.971 bits per heavy atom. The van der Waals surface area contributed by atoms with Crippen molar-refractivity contribution in [1.82, 2.24) is 10.1 Å². The second kappa shape index (κ2) is 8.36. The van der Waals surface area contributed by atoms with E-state index in [-0.39, 0.29) is 12.3 Å². The molecule has 34 heavy (non-hydrogen) atoms. The predicted molar refractivity (Wildman–Crippen MR) is 125 cm³/mol. The third-order valence-corrected chi connectivity index (χ3v) is 5.51. The van der Waals surface area contributed by atoms with E-state index in [0.29, 0.717) is 51.2 Å². The third-order valence-electron chi connectivity index (χ3n) is 5.51. The molecule has 0 saturated heterocycles. The molecular weight excluding hydrogens is 436 g/mol. The Morgan fingerprint density at radius 3 is 2.44 bits per heavy atom. The molecule has 0 fully saturated rings. The van der Waals surface area contributed by atoms with Crippen LogP contribution in [0, 0.1) is 6.92 Å². The minimum absolute atomic E-state index is 0.124. The molecule has 1 aromatic heterocycles. The number of aryl methyl sites for hydroxylation is 1. The quantitative estimate of drug-likeness (QED) is 0.396. The van der Waals surface area contributed by atoms with Crippen LogP contribution in [0.25, 0.3) is 22.6 Å². The predicted octanol–water partition coefficient (Wildman–Crippen LogP) is 4.66. The van der Waals surface area contributed by atoms with Gasteiger partial charge in [-0.2, -0.15) is 4.98 Å². The highest BCUT2D eigenvalue weighted by Gasteiger charge is 2.21. The summed E-state index contributed by atoms with van der Waals surface area (Å²) in [6, 6.07) is 16.3. The van der Waals surface area contributed by atoms with Crippen LogP contribution in [0.1, 0.15) is 21.7 Å². The van der Waals surface area contributed by atoms with Crippen LogP contribution in [0.5, 0.6) is 5.75 Å². The number of rotatable bonds is 5. The maximum Gasteiger partial charge on any atom is 0.307 e. The molecule has 0 aliphatic carbocycles. The summed E-state index contributed by atoms with van der Waals surface area (Å²) in [6.45, 7) is 1.75. The zero-order chi connectivity index (χ0) is 23.8. The Hall–Kier alpha value is -4.66. The fraction of sp³-hybridized carbons (Fsp3) is 0.120. The topological polar surface area (TPSA) is 127 Å². The number of methoxy groups -OCH3 is 1. The molecule has 0 saturated carbocycles. The summed E-state index contributed by atoms with van der Waals surface area (Å²) < 4.78 is 10.8. The van der Waals surface area contributed by atoms with Crippen LogP contribution in [0.4, 0.5) is 17.1 Å². The number of carboxylic acid groups (broad SMARTS) is 1. The maximum atomic E-state index is 12.8. The number of benzene rings is 3. The van der Waals surface area contributed by atoms with Crippen LogP contribution in [-0.2, 0) is 11.2 Å². The molecule has 3 N–H and O–H groups in total. The summed E-state index contributed by atoms with van der Waals surface area (Å²) in [5.41, 5.74) is 5.36. The highest BCUT2D eigenvalue weighted by molar-refractivity contribution is 6.12. The van der Waals surface area contributed by atoms with Gasteiger partial charge in [-0.1, -0.05) is 23.4 Å². The monoisotopic (exact) mass is 456 g/mol. The first kappa shape index (κ1) is 21.2. The van der Waals surface area contributed by atoms with Crippen LogP contribution in [-0.4, -0.2) is 34.2 Å². The number of anilines is 3. The molecule has 0 atom stereocenters. The van der Waals surface area contributed by atoms with Gasteiger partial charge in [0.15, 0.2) is 5.82 Å². The van der Waals surface area contributed by atoms with Crippen molar-refractivity contribution in [2.75, 3.05) is 17.7 Å². The zero-order valence-corrected chi connectivity index (χ0v) is 18.4. The maximum absolute atomic E-state index is 12.8. The molecule has 4 aromatic rings. The van der Waals surface area contributed by atoms with E-state index in [1.165, 1.54) is 0 Å². The van der Waals surface area contributed by atoms with E-state index in [1.807, 2.05) is 30.3 Å². The molecular formula is C25H20N4O5. The van der Waals surface area contributed by atoms with Gasteiger partial charge in [-0.25, -0.2) is 0 Å². The first-order chi connectivity index (χ1) is 16.4. The van der Waals surface area contributed by atoms with Crippen molar-refractivity contribution in [3.63, 3.8) is 0 Å². The summed E-state index contributed by atoms with van der Waals surface area (Å²) in [6.07, 6.45) is -0.124. The highest BCUT2D eigenvalue weighted by atomic mass is 16.5. The number of carbonyl (C=O) groups excluding carboxylic acids is 1. The molecule has 0 spiro atoms. The average molecular weight is 456 g/mol. The van der Waals surface area contributed by atoms with E-state index in [0.717, 1.165) is 11.1 Å². The van der Waals surface area contributed by atoms with Crippen LogP contribution in [0.15, 0.2) is 59.1 Å². The van der Waals surface area contributed by atoms with Crippen molar-refractivity contribution in [2.24, 2.45) is 0 Å². The third kappa shape index (κ3) is 3.95. The Bertz CT molecular complexity index is 1440. The molecule has 3 aromatic carbocycles. The molecule has 0 radical (unpaired) electrons. The van der Waals surface area contributed by atoms with Crippen molar-refractivity contribution in [1.29, 1.82) is 0 Å². The zero-order valence-electron chi connectivity index (χ0n) is 18.4. The highest BCUT2D eigenvalue weighted by Crippen LogP contribution is 2.37. The van der Waals surface area contributed by atoms with Crippen molar-refractivity contribution >= 4 is 28.9 Å². The number of hydrogen-bond acceptors (Lipinski definition) is 7. The Balaban J connectivity index is 1.51. The van der Waals surface area contributed by atoms with Crippen LogP contribution in [0.2, 0.25) is 0 Å². The minimum atomic E-state index is -0.934. The first-order valence-corrected chi connectivity index (χ1v) is 10.5. The summed E-state index contributed by atoms with van der Waals surface area (Å²) in [5, 5.41) is 19.0. The first-order valence-electron chi connectivity index (χ1n) is 10.5. The number of nitrogens with one attached hydrogen (secondary N) is 2. The summed E-state index contributed by atoms with van der Waals surface area (Å²) in [4.78, 5) is 28.2. The van der Waals surface area contributed by atoms with Gasteiger partial charge < -0.3 is 25.0 Å². The molecule has 1 aliphatic heterocycles. The molecule has 5 rings (SSSR count). The molecule has 9 heteroatoms. The summed E-state index contributed by atoms with van der Waals surface area (Å²) >= 11 is 0. The van der Waals surface area contributed by atoms with Crippen molar-refractivity contribution in [2.45, 2.75) is 13.3 Å². The van der Waals surface area contributed by atoms with E-state index in [1.54, 1.807) is 38.3 Å². The number of aliphatic carboxylic acids is 1. The summed E-state index contributed by atoms with van der Waals surface area (Å²) in [5.74, 6) is 0.279.